The van der Waals surface area contributed by atoms with Crippen LogP contribution in [-0.2, 0) is 46.3 Å². The van der Waals surface area contributed by atoms with Gasteiger partial charge in [0.25, 0.3) is 0 Å². The number of esters is 1. The number of hydrogen-bond donors (Lipinski definition) is 7. The van der Waals surface area contributed by atoms with Crippen LogP contribution in [0, 0.1) is 23.3 Å². The Morgan fingerprint density at radius 3 is 2.23 bits per heavy atom. The number of alkyl carbamates (subject to hydrolysis) is 1. The number of nitrogens with one attached hydrogen (secondary N) is 2. The molecule has 22 nitrogen and oxygen atoms in total. The Labute approximate surface area is 396 Å². The standard InChI is InChI=1S/C45H39F4N5O17/c1-16-36(57)22(52-44(64)71-41(42(62)67-3)17-7-9-18(10-8-17)51-43(63)68-15-21-31(46)33(48)35(53-54-50)34(49)32(21)47)11-26(69-16)70-24-13-45(65,25(56)14-55)12-20-28(24)40(61)30-29(38(20)59)37(58)19-5-4-6-23(66-2)27(19)39(30)60/h4-10,16,22,24,26,36,41,55,57,59,61,65H,11-15H2,1-3H3,(H,51,63)(H,52,64)/t16-,22-,24-,26-,36+,41?,45-/m0/s1. The number of phenolic OH excluding ortho intramolecular Hbond substituents is 2. The summed E-state index contributed by atoms with van der Waals surface area (Å²) in [5, 5.41) is 63.1. The monoisotopic (exact) mass is 997 g/mol. The van der Waals surface area contributed by atoms with Gasteiger partial charge in [-0.05, 0) is 30.7 Å². The summed E-state index contributed by atoms with van der Waals surface area (Å²) in [5.41, 5.74) is 0.544. The number of phenols is 2. The third kappa shape index (κ3) is 9.46. The molecule has 2 amide bonds. The van der Waals surface area contributed by atoms with Crippen LogP contribution in [0.4, 0.5) is 38.5 Å². The summed E-state index contributed by atoms with van der Waals surface area (Å²) < 4.78 is 89.2. The van der Waals surface area contributed by atoms with E-state index >= 15 is 0 Å². The van der Waals surface area contributed by atoms with E-state index in [2.05, 4.69) is 25.4 Å². The molecule has 0 aromatic heterocycles. The number of anilines is 1. The molecule has 7 N–H and O–H groups in total. The van der Waals surface area contributed by atoms with E-state index in [1.165, 1.54) is 44.4 Å². The molecule has 3 aliphatic rings. The number of hydrogen-bond acceptors (Lipinski definition) is 18. The van der Waals surface area contributed by atoms with E-state index in [1.54, 1.807) is 0 Å². The van der Waals surface area contributed by atoms with Gasteiger partial charge in [-0.1, -0.05) is 29.4 Å². The fourth-order valence-electron chi connectivity index (χ4n) is 8.47. The first kappa shape index (κ1) is 51.0. The number of rotatable bonds is 13. The van der Waals surface area contributed by atoms with Crippen molar-refractivity contribution in [3.63, 3.8) is 0 Å². The Morgan fingerprint density at radius 2 is 1.61 bits per heavy atom. The maximum Gasteiger partial charge on any atom is 0.411 e. The molecule has 4 aromatic rings. The van der Waals surface area contributed by atoms with Gasteiger partial charge >= 0.3 is 18.2 Å². The minimum absolute atomic E-state index is 0.0175. The zero-order valence-electron chi connectivity index (χ0n) is 37.0. The number of aliphatic hydroxyl groups excluding tert-OH is 2. The lowest BCUT2D eigenvalue weighted by Gasteiger charge is -2.42. The van der Waals surface area contributed by atoms with Crippen LogP contribution in [0.1, 0.15) is 86.1 Å². The first-order valence-electron chi connectivity index (χ1n) is 20.9. The molecule has 0 radical (unpaired) electrons. The molecular weight excluding hydrogens is 959 g/mol. The van der Waals surface area contributed by atoms with Crippen LogP contribution in [0.25, 0.3) is 10.4 Å². The van der Waals surface area contributed by atoms with Crippen LogP contribution in [0.2, 0.25) is 0 Å². The van der Waals surface area contributed by atoms with Crippen LogP contribution in [0.5, 0.6) is 17.2 Å². The van der Waals surface area contributed by atoms with Gasteiger partial charge in [0.1, 0.15) is 47.9 Å². The largest absolute Gasteiger partial charge is 0.507 e. The van der Waals surface area contributed by atoms with Crippen LogP contribution in [0.15, 0.2) is 47.6 Å². The quantitative estimate of drug-likeness (QED) is 0.0120. The van der Waals surface area contributed by atoms with Crippen molar-refractivity contribution in [2.45, 2.75) is 75.1 Å². The van der Waals surface area contributed by atoms with E-state index in [4.69, 9.17) is 29.2 Å². The number of ether oxygens (including phenoxy) is 6. The number of amides is 2. The molecule has 2 aliphatic carbocycles. The number of ketones is 3. The van der Waals surface area contributed by atoms with E-state index in [-0.39, 0.29) is 39.3 Å². The highest BCUT2D eigenvalue weighted by Crippen LogP contribution is 2.52. The van der Waals surface area contributed by atoms with Gasteiger partial charge in [0.2, 0.25) is 11.9 Å². The minimum Gasteiger partial charge on any atom is -0.507 e. The van der Waals surface area contributed by atoms with Crippen molar-refractivity contribution in [1.82, 2.24) is 5.32 Å². The molecule has 1 aliphatic heterocycles. The molecule has 1 saturated heterocycles. The second-order valence-electron chi connectivity index (χ2n) is 16.2. The molecule has 26 heteroatoms. The van der Waals surface area contributed by atoms with Crippen LogP contribution in [0.3, 0.4) is 0 Å². The van der Waals surface area contributed by atoms with E-state index in [0.29, 0.717) is 0 Å². The van der Waals surface area contributed by atoms with Crippen molar-refractivity contribution >= 4 is 46.9 Å². The molecule has 1 fully saturated rings. The molecule has 7 rings (SSSR count). The summed E-state index contributed by atoms with van der Waals surface area (Å²) in [6, 6.07) is 7.47. The topological polar surface area (TPSA) is 332 Å². The molecule has 1 unspecified atom stereocenters. The van der Waals surface area contributed by atoms with Crippen LogP contribution in [-0.4, -0.2) is 112 Å². The third-order valence-electron chi connectivity index (χ3n) is 12.0. The number of azide groups is 1. The number of fused-ring (bicyclic) bond motifs is 3. The van der Waals surface area contributed by atoms with Gasteiger partial charge in [-0.3, -0.25) is 19.7 Å². The highest BCUT2D eigenvalue weighted by Gasteiger charge is 2.50. The summed E-state index contributed by atoms with van der Waals surface area (Å²) in [4.78, 5) is 81.7. The average Bonchev–Trinajstić information content (AvgIpc) is 3.35. The van der Waals surface area contributed by atoms with Gasteiger partial charge in [0.15, 0.2) is 41.1 Å². The number of carbonyl (C=O) groups excluding carboxylic acids is 6. The highest BCUT2D eigenvalue weighted by atomic mass is 19.2. The molecule has 0 spiro atoms. The lowest BCUT2D eigenvalue weighted by Crippen LogP contribution is -2.56. The van der Waals surface area contributed by atoms with E-state index < -0.39 is 167 Å². The first-order chi connectivity index (χ1) is 33.7. The smallest absolute Gasteiger partial charge is 0.411 e. The molecule has 4 aromatic carbocycles. The Hall–Kier alpha value is -7.87. The Kier molecular flexibility index (Phi) is 14.5. The van der Waals surface area contributed by atoms with Gasteiger partial charge in [0, 0.05) is 52.1 Å². The number of carbonyl (C=O) groups is 6. The lowest BCUT2D eigenvalue weighted by molar-refractivity contribution is -0.249. The molecule has 7 atom stereocenters. The van der Waals surface area contributed by atoms with Crippen molar-refractivity contribution in [2.75, 3.05) is 26.1 Å². The van der Waals surface area contributed by atoms with E-state index in [0.717, 1.165) is 19.2 Å². The number of halogens is 4. The molecule has 1 heterocycles. The van der Waals surface area contributed by atoms with Gasteiger partial charge < -0.3 is 59.3 Å². The maximum absolute atomic E-state index is 14.4. The number of aromatic hydroxyl groups is 2. The first-order valence-corrected chi connectivity index (χ1v) is 20.9. The Balaban J connectivity index is 1.07. The second-order valence-corrected chi connectivity index (χ2v) is 16.2. The fraction of sp³-hybridized carbons (Fsp3) is 0.333. The summed E-state index contributed by atoms with van der Waals surface area (Å²) in [6.45, 7) is -1.12. The minimum atomic E-state index is -2.48. The zero-order chi connectivity index (χ0) is 51.8. The van der Waals surface area contributed by atoms with Gasteiger partial charge in [0.05, 0.1) is 54.7 Å². The fourth-order valence-corrected chi connectivity index (χ4v) is 8.47. The van der Waals surface area contributed by atoms with Crippen LogP contribution < -0.4 is 15.4 Å². The van der Waals surface area contributed by atoms with Crippen molar-refractivity contribution in [3.05, 3.63) is 121 Å². The maximum atomic E-state index is 14.4. The average molecular weight is 998 g/mol. The second kappa shape index (κ2) is 20.2. The van der Waals surface area contributed by atoms with Crippen molar-refractivity contribution < 1.29 is 100 Å². The third-order valence-corrected chi connectivity index (χ3v) is 12.0. The summed E-state index contributed by atoms with van der Waals surface area (Å²) >= 11 is 0. The number of nitrogens with zero attached hydrogens (tertiary/aromatic N) is 3. The molecule has 71 heavy (non-hydrogen) atoms. The Bertz CT molecular complexity index is 2910. The van der Waals surface area contributed by atoms with Crippen molar-refractivity contribution in [3.8, 4) is 17.2 Å². The Morgan fingerprint density at radius 1 is 0.944 bits per heavy atom. The number of aliphatic hydroxyl groups is 3. The summed E-state index contributed by atoms with van der Waals surface area (Å²) in [5.74, 6) is -13.8. The SMILES string of the molecule is COC(=O)C(OC(=O)N[C@H]1C[C@H](O[C@H]2C[C@](O)(C(=O)CO)Cc3c(O)c4c(c(O)c32)C(=O)c2c(OC)cccc2C4=O)O[C@@H](C)[C@H]1O)c1ccc(NC(=O)OCc2c(F)c(F)c(N=[N+]=[N-])c(F)c2F)cc1. The van der Waals surface area contributed by atoms with Gasteiger partial charge in [-0.2, -0.15) is 0 Å². The molecule has 0 saturated carbocycles. The number of benzene rings is 4. The predicted molar refractivity (Wildman–Crippen MR) is 227 cm³/mol. The van der Waals surface area contributed by atoms with Gasteiger partial charge in [-0.25, -0.2) is 31.9 Å². The van der Waals surface area contributed by atoms with Crippen molar-refractivity contribution in [2.24, 2.45) is 5.11 Å². The van der Waals surface area contributed by atoms with Crippen molar-refractivity contribution in [1.29, 1.82) is 0 Å². The van der Waals surface area contributed by atoms with E-state index in [9.17, 15) is 71.9 Å². The summed E-state index contributed by atoms with van der Waals surface area (Å²) in [7, 11) is 2.22. The number of methoxy groups -OCH3 is 2. The lowest BCUT2D eigenvalue weighted by atomic mass is 9.72. The number of Topliss-reactive ketones (excluding diaryl/α,β-unsaturated/α-hetero) is 1. The van der Waals surface area contributed by atoms with E-state index in [1.807, 2.05) is 0 Å². The predicted octanol–water partition coefficient (Wildman–Crippen LogP) is 4.93. The van der Waals surface area contributed by atoms with Crippen LogP contribution >= 0.6 is 0 Å². The summed E-state index contributed by atoms with van der Waals surface area (Å²) in [6.07, 6.45) is -12.2. The zero-order valence-corrected chi connectivity index (χ0v) is 37.0. The molecular formula is C45H39F4N5O17. The highest BCUT2D eigenvalue weighted by molar-refractivity contribution is 6.31. The normalized spacial score (nSPS) is 21.6. The molecule has 0 bridgehead atoms. The van der Waals surface area contributed by atoms with Gasteiger partial charge in [-0.15, -0.1) is 0 Å². The molecule has 374 valence electrons.